The van der Waals surface area contributed by atoms with Crippen molar-refractivity contribution in [2.75, 3.05) is 11.9 Å². The van der Waals surface area contributed by atoms with Gasteiger partial charge in [0.1, 0.15) is 0 Å². The molecule has 0 saturated carbocycles. The minimum absolute atomic E-state index is 0.158. The van der Waals surface area contributed by atoms with Gasteiger partial charge in [0.25, 0.3) is 5.91 Å². The summed E-state index contributed by atoms with van der Waals surface area (Å²) >= 11 is 0. The summed E-state index contributed by atoms with van der Waals surface area (Å²) in [7, 11) is 0. The summed E-state index contributed by atoms with van der Waals surface area (Å²) in [5.74, 6) is -1.03. The Kier molecular flexibility index (Phi) is 4.62. The molecule has 2 heterocycles. The largest absolute Gasteiger partial charge is 0.464 e. The summed E-state index contributed by atoms with van der Waals surface area (Å²) in [5, 5.41) is 6.59. The van der Waals surface area contributed by atoms with Crippen molar-refractivity contribution in [1.82, 2.24) is 14.8 Å². The Morgan fingerprint density at radius 2 is 2.24 bits per heavy atom. The maximum Gasteiger partial charge on any atom is 0.332 e. The minimum Gasteiger partial charge on any atom is -0.464 e. The zero-order valence-electron chi connectivity index (χ0n) is 11.4. The van der Waals surface area contributed by atoms with E-state index in [1.54, 1.807) is 43.7 Å². The van der Waals surface area contributed by atoms with Gasteiger partial charge in [0.05, 0.1) is 12.3 Å². The van der Waals surface area contributed by atoms with Crippen LogP contribution in [0.3, 0.4) is 0 Å². The Morgan fingerprint density at radius 1 is 1.43 bits per heavy atom. The van der Waals surface area contributed by atoms with Gasteiger partial charge >= 0.3 is 5.97 Å². The highest BCUT2D eigenvalue weighted by atomic mass is 16.5. The number of nitrogens with zero attached hydrogens (tertiary/aromatic N) is 3. The highest BCUT2D eigenvalue weighted by Gasteiger charge is 2.24. The maximum absolute atomic E-state index is 12.0. The quantitative estimate of drug-likeness (QED) is 0.596. The summed E-state index contributed by atoms with van der Waals surface area (Å²) in [4.78, 5) is 27.5. The van der Waals surface area contributed by atoms with Crippen LogP contribution in [-0.4, -0.2) is 39.3 Å². The average molecular weight is 289 g/mol. The summed E-state index contributed by atoms with van der Waals surface area (Å²) < 4.78 is 6.20. The van der Waals surface area contributed by atoms with Crippen molar-refractivity contribution < 1.29 is 14.3 Å². The van der Waals surface area contributed by atoms with Crippen molar-refractivity contribution in [3.63, 3.8) is 0 Å². The van der Waals surface area contributed by atoms with Gasteiger partial charge in [-0.3, -0.25) is 4.79 Å². The van der Waals surface area contributed by atoms with Crippen molar-refractivity contribution in [3.8, 4) is 5.82 Å². The SMILES string of the molecule is CCOC(=O)C(N)C(=O)Nc1cccnc1-n1cccn1. The first kappa shape index (κ1) is 14.7. The molecular weight excluding hydrogens is 274 g/mol. The molecule has 0 spiro atoms. The zero-order valence-corrected chi connectivity index (χ0v) is 11.4. The van der Waals surface area contributed by atoms with Crippen LogP contribution in [0, 0.1) is 0 Å². The number of rotatable bonds is 5. The molecule has 2 aromatic heterocycles. The van der Waals surface area contributed by atoms with Gasteiger partial charge in [-0.1, -0.05) is 0 Å². The zero-order chi connectivity index (χ0) is 15.2. The topological polar surface area (TPSA) is 112 Å². The number of anilines is 1. The van der Waals surface area contributed by atoms with Crippen LogP contribution in [0.2, 0.25) is 0 Å². The van der Waals surface area contributed by atoms with Crippen LogP contribution in [0.4, 0.5) is 5.69 Å². The molecule has 8 heteroatoms. The number of hydrogen-bond donors (Lipinski definition) is 2. The third kappa shape index (κ3) is 3.42. The second-order valence-electron chi connectivity index (χ2n) is 4.04. The number of carbonyl (C=O) groups excluding carboxylic acids is 2. The fourth-order valence-electron chi connectivity index (χ4n) is 1.62. The van der Waals surface area contributed by atoms with Crippen molar-refractivity contribution in [3.05, 3.63) is 36.8 Å². The molecule has 2 rings (SSSR count). The van der Waals surface area contributed by atoms with Crippen LogP contribution in [0.5, 0.6) is 0 Å². The Balaban J connectivity index is 2.17. The Morgan fingerprint density at radius 3 is 2.90 bits per heavy atom. The van der Waals surface area contributed by atoms with E-state index in [2.05, 4.69) is 15.4 Å². The number of ether oxygens (including phenoxy) is 1. The first-order valence-corrected chi connectivity index (χ1v) is 6.31. The molecule has 3 N–H and O–H groups in total. The van der Waals surface area contributed by atoms with Gasteiger partial charge in [0, 0.05) is 18.6 Å². The second-order valence-corrected chi connectivity index (χ2v) is 4.04. The maximum atomic E-state index is 12.0. The number of nitrogens with one attached hydrogen (secondary N) is 1. The average Bonchev–Trinajstić information content (AvgIpc) is 3.01. The standard InChI is InChI=1S/C13H15N5O3/c1-2-21-13(20)10(14)12(19)17-9-5-3-6-15-11(9)18-8-4-7-16-18/h3-8,10H,2,14H2,1H3,(H,17,19). The molecule has 0 aliphatic heterocycles. The molecule has 21 heavy (non-hydrogen) atoms. The highest BCUT2D eigenvalue weighted by molar-refractivity contribution is 6.08. The van der Waals surface area contributed by atoms with Crippen LogP contribution in [0.1, 0.15) is 6.92 Å². The van der Waals surface area contributed by atoms with Crippen LogP contribution < -0.4 is 11.1 Å². The lowest BCUT2D eigenvalue weighted by Gasteiger charge is -2.13. The normalized spacial score (nSPS) is 11.7. The van der Waals surface area contributed by atoms with E-state index in [-0.39, 0.29) is 6.61 Å². The molecule has 0 bridgehead atoms. The summed E-state index contributed by atoms with van der Waals surface area (Å²) in [6.45, 7) is 1.80. The lowest BCUT2D eigenvalue weighted by molar-refractivity contribution is -0.146. The fraction of sp³-hybridized carbons (Fsp3) is 0.231. The van der Waals surface area contributed by atoms with Gasteiger partial charge in [0.2, 0.25) is 0 Å². The van der Waals surface area contributed by atoms with Crippen LogP contribution in [-0.2, 0) is 14.3 Å². The number of hydrogen-bond acceptors (Lipinski definition) is 6. The van der Waals surface area contributed by atoms with E-state index in [1.165, 1.54) is 4.68 Å². The molecular formula is C13H15N5O3. The van der Waals surface area contributed by atoms with Crippen LogP contribution >= 0.6 is 0 Å². The first-order chi connectivity index (χ1) is 10.1. The van der Waals surface area contributed by atoms with Crippen molar-refractivity contribution in [1.29, 1.82) is 0 Å². The number of pyridine rings is 1. The van der Waals surface area contributed by atoms with Gasteiger partial charge in [-0.25, -0.2) is 14.5 Å². The molecule has 0 aromatic carbocycles. The van der Waals surface area contributed by atoms with E-state index in [4.69, 9.17) is 10.5 Å². The fourth-order valence-corrected chi connectivity index (χ4v) is 1.62. The van der Waals surface area contributed by atoms with Crippen molar-refractivity contribution >= 4 is 17.6 Å². The number of amides is 1. The predicted molar refractivity (Wildman–Crippen MR) is 74.6 cm³/mol. The Bertz CT molecular complexity index is 626. The number of carbonyl (C=O) groups is 2. The number of aromatic nitrogens is 3. The molecule has 110 valence electrons. The molecule has 1 atom stereocenters. The molecule has 0 aliphatic rings. The van der Waals surface area contributed by atoms with E-state index in [0.29, 0.717) is 11.5 Å². The molecule has 1 unspecified atom stereocenters. The highest BCUT2D eigenvalue weighted by Crippen LogP contribution is 2.16. The molecule has 0 saturated heterocycles. The third-order valence-electron chi connectivity index (χ3n) is 2.59. The van der Waals surface area contributed by atoms with Gasteiger partial charge in [-0.05, 0) is 25.1 Å². The van der Waals surface area contributed by atoms with Crippen LogP contribution in [0.25, 0.3) is 5.82 Å². The van der Waals surface area contributed by atoms with E-state index < -0.39 is 17.9 Å². The van der Waals surface area contributed by atoms with E-state index in [9.17, 15) is 9.59 Å². The Hall–Kier alpha value is -2.74. The first-order valence-electron chi connectivity index (χ1n) is 6.31. The Labute approximate surface area is 120 Å². The molecule has 0 aliphatic carbocycles. The number of nitrogens with two attached hydrogens (primary N) is 1. The van der Waals surface area contributed by atoms with E-state index in [1.807, 2.05) is 0 Å². The second kappa shape index (κ2) is 6.62. The smallest absolute Gasteiger partial charge is 0.332 e. The van der Waals surface area contributed by atoms with Gasteiger partial charge < -0.3 is 15.8 Å². The summed E-state index contributed by atoms with van der Waals surface area (Å²) in [6, 6.07) is 3.62. The molecule has 1 amide bonds. The lowest BCUT2D eigenvalue weighted by Crippen LogP contribution is -2.43. The molecule has 0 radical (unpaired) electrons. The monoisotopic (exact) mass is 289 g/mol. The third-order valence-corrected chi connectivity index (χ3v) is 2.59. The molecule has 0 fully saturated rings. The molecule has 2 aromatic rings. The lowest BCUT2D eigenvalue weighted by atomic mass is 10.2. The van der Waals surface area contributed by atoms with E-state index in [0.717, 1.165) is 0 Å². The van der Waals surface area contributed by atoms with E-state index >= 15 is 0 Å². The summed E-state index contributed by atoms with van der Waals surface area (Å²) in [5.41, 5.74) is 5.93. The van der Waals surface area contributed by atoms with Crippen molar-refractivity contribution in [2.24, 2.45) is 5.73 Å². The minimum atomic E-state index is -1.39. The summed E-state index contributed by atoms with van der Waals surface area (Å²) in [6.07, 6.45) is 4.84. The van der Waals surface area contributed by atoms with Crippen molar-refractivity contribution in [2.45, 2.75) is 13.0 Å². The van der Waals surface area contributed by atoms with Gasteiger partial charge in [-0.15, -0.1) is 0 Å². The van der Waals surface area contributed by atoms with Gasteiger partial charge in [0.15, 0.2) is 11.9 Å². The van der Waals surface area contributed by atoms with Crippen LogP contribution in [0.15, 0.2) is 36.8 Å². The predicted octanol–water partition coefficient (Wildman–Crippen LogP) is 0.0962. The molecule has 8 nitrogen and oxygen atoms in total. The van der Waals surface area contributed by atoms with Gasteiger partial charge in [-0.2, -0.15) is 5.10 Å². The number of esters is 1.